The molecule has 1 radical (unpaired) electrons. The Morgan fingerprint density at radius 3 is 3.14 bits per heavy atom. The molecule has 0 bridgehead atoms. The van der Waals surface area contributed by atoms with E-state index in [1.54, 1.807) is 0 Å². The predicted molar refractivity (Wildman–Crippen MR) is 56.2 cm³/mol. The summed E-state index contributed by atoms with van der Waals surface area (Å²) in [5.41, 5.74) is 2.34. The quantitative estimate of drug-likeness (QED) is 0.696. The van der Waals surface area contributed by atoms with E-state index in [1.807, 2.05) is 23.1 Å². The van der Waals surface area contributed by atoms with E-state index in [0.29, 0.717) is 6.42 Å². The first-order valence-electron chi connectivity index (χ1n) is 5.12. The first kappa shape index (κ1) is 9.25. The van der Waals surface area contributed by atoms with E-state index in [-0.39, 0.29) is 5.91 Å². The van der Waals surface area contributed by atoms with Crippen LogP contribution in [0.3, 0.4) is 0 Å². The third-order valence-electron chi connectivity index (χ3n) is 2.57. The number of aryl methyl sites for hydroxylation is 1. The SMILES string of the molecule is CCCN1C(=O)CCc2c[c]ccc21. The average Bonchev–Trinajstić information content (AvgIpc) is 2.23. The zero-order valence-electron chi connectivity index (χ0n) is 8.42. The summed E-state index contributed by atoms with van der Waals surface area (Å²) in [4.78, 5) is 13.6. The topological polar surface area (TPSA) is 20.3 Å². The number of anilines is 1. The minimum absolute atomic E-state index is 0.255. The second kappa shape index (κ2) is 3.82. The van der Waals surface area contributed by atoms with E-state index in [9.17, 15) is 4.79 Å². The lowest BCUT2D eigenvalue weighted by Gasteiger charge is -2.28. The molecule has 0 saturated carbocycles. The Labute approximate surface area is 84.5 Å². The molecule has 73 valence electrons. The van der Waals surface area contributed by atoms with Crippen molar-refractivity contribution in [1.29, 1.82) is 0 Å². The molecule has 2 rings (SSSR count). The Morgan fingerprint density at radius 2 is 2.36 bits per heavy atom. The highest BCUT2D eigenvalue weighted by molar-refractivity contribution is 5.96. The van der Waals surface area contributed by atoms with E-state index in [2.05, 4.69) is 13.0 Å². The number of amides is 1. The second-order valence-electron chi connectivity index (χ2n) is 3.60. The molecular formula is C12H14NO. The van der Waals surface area contributed by atoms with E-state index in [0.717, 1.165) is 25.1 Å². The van der Waals surface area contributed by atoms with Gasteiger partial charge in [0, 0.05) is 18.7 Å². The Morgan fingerprint density at radius 1 is 1.50 bits per heavy atom. The predicted octanol–water partition coefficient (Wildman–Crippen LogP) is 2.18. The molecule has 1 aliphatic rings. The van der Waals surface area contributed by atoms with Gasteiger partial charge in [0.25, 0.3) is 0 Å². The second-order valence-corrected chi connectivity index (χ2v) is 3.60. The zero-order valence-corrected chi connectivity index (χ0v) is 8.42. The molecule has 14 heavy (non-hydrogen) atoms. The highest BCUT2D eigenvalue weighted by Gasteiger charge is 2.22. The summed E-state index contributed by atoms with van der Waals surface area (Å²) in [5.74, 6) is 0.255. The van der Waals surface area contributed by atoms with E-state index in [1.165, 1.54) is 5.56 Å². The molecule has 1 aliphatic heterocycles. The van der Waals surface area contributed by atoms with Crippen LogP contribution < -0.4 is 4.90 Å². The number of hydrogen-bond donors (Lipinski definition) is 0. The van der Waals surface area contributed by atoms with Crippen molar-refractivity contribution < 1.29 is 4.79 Å². The van der Waals surface area contributed by atoms with Crippen molar-refractivity contribution in [3.05, 3.63) is 29.8 Å². The van der Waals surface area contributed by atoms with Crippen molar-refractivity contribution in [2.45, 2.75) is 26.2 Å². The molecule has 0 unspecified atom stereocenters. The monoisotopic (exact) mass is 188 g/mol. The lowest BCUT2D eigenvalue weighted by atomic mass is 10.0. The molecule has 0 N–H and O–H groups in total. The summed E-state index contributed by atoms with van der Waals surface area (Å²) in [7, 11) is 0. The zero-order chi connectivity index (χ0) is 9.97. The first-order chi connectivity index (χ1) is 6.83. The molecule has 1 aromatic rings. The number of benzene rings is 1. The van der Waals surface area contributed by atoms with Crippen LogP contribution in [0, 0.1) is 6.07 Å². The molecule has 0 fully saturated rings. The fourth-order valence-electron chi connectivity index (χ4n) is 1.90. The van der Waals surface area contributed by atoms with E-state index < -0.39 is 0 Å². The van der Waals surface area contributed by atoms with Gasteiger partial charge in [0.05, 0.1) is 0 Å². The van der Waals surface area contributed by atoms with Gasteiger partial charge < -0.3 is 4.90 Å². The number of nitrogens with zero attached hydrogens (tertiary/aromatic N) is 1. The molecule has 2 heteroatoms. The molecule has 1 amide bonds. The van der Waals surface area contributed by atoms with Gasteiger partial charge in [0.2, 0.25) is 5.91 Å². The molecule has 0 atom stereocenters. The van der Waals surface area contributed by atoms with Gasteiger partial charge in [-0.15, -0.1) is 0 Å². The van der Waals surface area contributed by atoms with Gasteiger partial charge in [0.15, 0.2) is 0 Å². The van der Waals surface area contributed by atoms with Gasteiger partial charge in [-0.3, -0.25) is 4.79 Å². The molecule has 0 aliphatic carbocycles. The van der Waals surface area contributed by atoms with Crippen molar-refractivity contribution in [1.82, 2.24) is 0 Å². The van der Waals surface area contributed by atoms with Crippen LogP contribution in [0.2, 0.25) is 0 Å². The average molecular weight is 188 g/mol. The van der Waals surface area contributed by atoms with E-state index in [4.69, 9.17) is 0 Å². The normalized spacial score (nSPS) is 15.5. The Kier molecular flexibility index (Phi) is 2.53. The first-order valence-corrected chi connectivity index (χ1v) is 5.12. The third kappa shape index (κ3) is 1.52. The van der Waals surface area contributed by atoms with Crippen molar-refractivity contribution >= 4 is 11.6 Å². The molecule has 1 aromatic carbocycles. The maximum atomic E-state index is 11.7. The molecule has 1 heterocycles. The van der Waals surface area contributed by atoms with Crippen LogP contribution >= 0.6 is 0 Å². The minimum atomic E-state index is 0.255. The summed E-state index contributed by atoms with van der Waals surface area (Å²) < 4.78 is 0. The molecule has 0 aromatic heterocycles. The van der Waals surface area contributed by atoms with Crippen LogP contribution in [0.5, 0.6) is 0 Å². The van der Waals surface area contributed by atoms with Gasteiger partial charge in [-0.25, -0.2) is 0 Å². The number of carbonyl (C=O) groups is 1. The molecule has 2 nitrogen and oxygen atoms in total. The smallest absolute Gasteiger partial charge is 0.227 e. The minimum Gasteiger partial charge on any atom is -0.312 e. The van der Waals surface area contributed by atoms with Crippen LogP contribution in [-0.4, -0.2) is 12.5 Å². The standard InChI is InChI=1S/C12H14NO/c1-2-9-13-11-6-4-3-5-10(11)7-8-12(13)14/h4-6H,2,7-9H2,1H3. The van der Waals surface area contributed by atoms with Crippen LogP contribution in [0.4, 0.5) is 5.69 Å². The van der Waals surface area contributed by atoms with E-state index >= 15 is 0 Å². The van der Waals surface area contributed by atoms with Crippen LogP contribution in [-0.2, 0) is 11.2 Å². The molecular weight excluding hydrogens is 174 g/mol. The maximum absolute atomic E-state index is 11.7. The van der Waals surface area contributed by atoms with Crippen LogP contribution in [0.15, 0.2) is 18.2 Å². The number of rotatable bonds is 2. The maximum Gasteiger partial charge on any atom is 0.227 e. The van der Waals surface area contributed by atoms with Crippen molar-refractivity contribution in [3.63, 3.8) is 0 Å². The van der Waals surface area contributed by atoms with Crippen LogP contribution in [0.1, 0.15) is 25.3 Å². The third-order valence-corrected chi connectivity index (χ3v) is 2.57. The lowest BCUT2D eigenvalue weighted by Crippen LogP contribution is -2.35. The highest BCUT2D eigenvalue weighted by atomic mass is 16.2. The van der Waals surface area contributed by atoms with Crippen LogP contribution in [0.25, 0.3) is 0 Å². The Bertz CT molecular complexity index is 346. The molecule has 0 saturated heterocycles. The van der Waals surface area contributed by atoms with Crippen molar-refractivity contribution in [3.8, 4) is 0 Å². The van der Waals surface area contributed by atoms with Gasteiger partial charge in [-0.1, -0.05) is 13.0 Å². The molecule has 0 spiro atoms. The van der Waals surface area contributed by atoms with Crippen molar-refractivity contribution in [2.24, 2.45) is 0 Å². The van der Waals surface area contributed by atoms with Gasteiger partial charge in [-0.05, 0) is 36.6 Å². The van der Waals surface area contributed by atoms with Crippen molar-refractivity contribution in [2.75, 3.05) is 11.4 Å². The fourth-order valence-corrected chi connectivity index (χ4v) is 1.90. The summed E-state index contributed by atoms with van der Waals surface area (Å²) >= 11 is 0. The Balaban J connectivity index is 2.36. The van der Waals surface area contributed by atoms with Gasteiger partial charge >= 0.3 is 0 Å². The largest absolute Gasteiger partial charge is 0.312 e. The lowest BCUT2D eigenvalue weighted by molar-refractivity contribution is -0.118. The highest BCUT2D eigenvalue weighted by Crippen LogP contribution is 2.27. The number of hydrogen-bond acceptors (Lipinski definition) is 1. The Hall–Kier alpha value is -1.31. The summed E-state index contributed by atoms with van der Waals surface area (Å²) in [6, 6.07) is 8.91. The summed E-state index contributed by atoms with van der Waals surface area (Å²) in [6.45, 7) is 2.92. The summed E-state index contributed by atoms with van der Waals surface area (Å²) in [6.07, 6.45) is 2.51. The number of fused-ring (bicyclic) bond motifs is 1. The van der Waals surface area contributed by atoms with Gasteiger partial charge in [0.1, 0.15) is 0 Å². The summed E-state index contributed by atoms with van der Waals surface area (Å²) in [5, 5.41) is 0. The van der Waals surface area contributed by atoms with Gasteiger partial charge in [-0.2, -0.15) is 0 Å². The number of carbonyl (C=O) groups excluding carboxylic acids is 1. The fraction of sp³-hybridized carbons (Fsp3) is 0.417.